The molecule has 0 saturated heterocycles. The van der Waals surface area contributed by atoms with Gasteiger partial charge >= 0.3 is 0 Å². The lowest BCUT2D eigenvalue weighted by Crippen LogP contribution is -1.81. The van der Waals surface area contributed by atoms with E-state index in [1.807, 2.05) is 5.38 Å². The van der Waals surface area contributed by atoms with Crippen LogP contribution >= 0.6 is 34.7 Å². The first-order chi connectivity index (χ1) is 6.34. The lowest BCUT2D eigenvalue weighted by molar-refractivity contribution is 0.972. The molecule has 2 aromatic rings. The molecule has 0 bridgehead atoms. The number of thiazole rings is 1. The summed E-state index contributed by atoms with van der Waals surface area (Å²) in [5, 5.41) is 9.23. The molecular formula is C6H5ClN4S2. The van der Waals surface area contributed by atoms with Crippen molar-refractivity contribution >= 4 is 34.7 Å². The molecule has 0 aromatic carbocycles. The van der Waals surface area contributed by atoms with Crippen LogP contribution in [0.3, 0.4) is 0 Å². The summed E-state index contributed by atoms with van der Waals surface area (Å²) in [5.74, 6) is 0.762. The normalized spacial score (nSPS) is 10.5. The minimum atomic E-state index is 0.577. The molecule has 0 amide bonds. The fourth-order valence-corrected chi connectivity index (χ4v) is 2.31. The highest BCUT2D eigenvalue weighted by Gasteiger charge is 2.01. The number of aromatic amines is 1. The zero-order valence-corrected chi connectivity index (χ0v) is 8.79. The Bertz CT molecular complexity index is 372. The van der Waals surface area contributed by atoms with Gasteiger partial charge in [0.25, 0.3) is 0 Å². The van der Waals surface area contributed by atoms with Crippen LogP contribution < -0.4 is 0 Å². The van der Waals surface area contributed by atoms with Crippen molar-refractivity contribution in [2.75, 3.05) is 0 Å². The molecule has 2 rings (SSSR count). The van der Waals surface area contributed by atoms with E-state index in [1.165, 1.54) is 17.7 Å². The third kappa shape index (κ3) is 2.43. The van der Waals surface area contributed by atoms with Gasteiger partial charge in [0.15, 0.2) is 9.62 Å². The first-order valence-electron chi connectivity index (χ1n) is 3.42. The smallest absolute Gasteiger partial charge is 0.183 e. The van der Waals surface area contributed by atoms with E-state index in [-0.39, 0.29) is 0 Å². The first-order valence-corrected chi connectivity index (χ1v) is 5.67. The number of rotatable bonds is 3. The van der Waals surface area contributed by atoms with Gasteiger partial charge in [-0.1, -0.05) is 23.4 Å². The summed E-state index contributed by atoms with van der Waals surface area (Å²) >= 11 is 8.67. The summed E-state index contributed by atoms with van der Waals surface area (Å²) < 4.78 is 0.577. The number of hydrogen-bond donors (Lipinski definition) is 1. The average molecular weight is 233 g/mol. The van der Waals surface area contributed by atoms with Gasteiger partial charge in [-0.25, -0.2) is 9.97 Å². The predicted octanol–water partition coefficient (Wildman–Crippen LogP) is 2.21. The maximum Gasteiger partial charge on any atom is 0.183 e. The van der Waals surface area contributed by atoms with Crippen molar-refractivity contribution in [2.45, 2.75) is 10.9 Å². The molecule has 0 saturated carbocycles. The number of hydrogen-bond acceptors (Lipinski definition) is 5. The molecule has 1 N–H and O–H groups in total. The summed E-state index contributed by atoms with van der Waals surface area (Å²) in [7, 11) is 0. The lowest BCUT2D eigenvalue weighted by atomic mass is 10.6. The molecule has 0 aliphatic heterocycles. The van der Waals surface area contributed by atoms with Crippen molar-refractivity contribution in [1.29, 1.82) is 0 Å². The van der Waals surface area contributed by atoms with Gasteiger partial charge in [-0.2, -0.15) is 5.10 Å². The second-order valence-corrected chi connectivity index (χ2v) is 4.58. The second kappa shape index (κ2) is 4.08. The van der Waals surface area contributed by atoms with Crippen molar-refractivity contribution in [1.82, 2.24) is 20.2 Å². The first kappa shape index (κ1) is 8.98. The van der Waals surface area contributed by atoms with E-state index in [0.29, 0.717) is 4.47 Å². The standard InChI is InChI=1S/C6H5ClN4S2/c7-5-10-4(1-12-5)2-13-6-8-3-9-11-6/h1,3H,2H2,(H,8,9,11). The molecule has 0 fully saturated rings. The van der Waals surface area contributed by atoms with E-state index >= 15 is 0 Å². The van der Waals surface area contributed by atoms with Gasteiger partial charge in [0, 0.05) is 11.1 Å². The molecule has 0 unspecified atom stereocenters. The highest BCUT2D eigenvalue weighted by atomic mass is 35.5. The SMILES string of the molecule is Clc1nc(CSc2ncn[nH]2)cs1. The quantitative estimate of drug-likeness (QED) is 0.825. The number of halogens is 1. The van der Waals surface area contributed by atoms with E-state index < -0.39 is 0 Å². The van der Waals surface area contributed by atoms with Crippen LogP contribution in [0.2, 0.25) is 4.47 Å². The number of thioether (sulfide) groups is 1. The Morgan fingerprint density at radius 3 is 3.15 bits per heavy atom. The van der Waals surface area contributed by atoms with Crippen LogP contribution in [0.1, 0.15) is 5.69 Å². The molecule has 0 spiro atoms. The van der Waals surface area contributed by atoms with Crippen LogP contribution in [0.25, 0.3) is 0 Å². The Kier molecular flexibility index (Phi) is 2.82. The van der Waals surface area contributed by atoms with Crippen molar-refractivity contribution in [3.05, 3.63) is 21.9 Å². The number of aromatic nitrogens is 4. The van der Waals surface area contributed by atoms with Gasteiger partial charge in [-0.3, -0.25) is 5.10 Å². The Morgan fingerprint density at radius 1 is 1.62 bits per heavy atom. The van der Waals surface area contributed by atoms with Crippen LogP contribution in [0, 0.1) is 0 Å². The highest BCUT2D eigenvalue weighted by molar-refractivity contribution is 7.98. The Morgan fingerprint density at radius 2 is 2.54 bits per heavy atom. The minimum absolute atomic E-state index is 0.577. The Hall–Kier alpha value is -0.590. The largest absolute Gasteiger partial charge is 0.254 e. The van der Waals surface area contributed by atoms with E-state index in [4.69, 9.17) is 11.6 Å². The average Bonchev–Trinajstić information content (AvgIpc) is 2.71. The summed E-state index contributed by atoms with van der Waals surface area (Å²) in [6.07, 6.45) is 1.48. The summed E-state index contributed by atoms with van der Waals surface area (Å²) in [4.78, 5) is 8.09. The summed E-state index contributed by atoms with van der Waals surface area (Å²) in [6, 6.07) is 0. The minimum Gasteiger partial charge on any atom is -0.254 e. The lowest BCUT2D eigenvalue weighted by Gasteiger charge is -1.91. The molecule has 4 nitrogen and oxygen atoms in total. The molecule has 0 aliphatic carbocycles. The van der Waals surface area contributed by atoms with Crippen molar-refractivity contribution in [3.8, 4) is 0 Å². The topological polar surface area (TPSA) is 54.5 Å². The van der Waals surface area contributed by atoms with E-state index in [0.717, 1.165) is 16.6 Å². The van der Waals surface area contributed by atoms with Crippen molar-refractivity contribution in [3.63, 3.8) is 0 Å². The molecule has 2 aromatic heterocycles. The van der Waals surface area contributed by atoms with E-state index in [9.17, 15) is 0 Å². The Labute approximate surface area is 87.8 Å². The van der Waals surface area contributed by atoms with Crippen LogP contribution in [0.15, 0.2) is 16.9 Å². The fourth-order valence-electron chi connectivity index (χ4n) is 0.755. The second-order valence-electron chi connectivity index (χ2n) is 2.17. The van der Waals surface area contributed by atoms with Gasteiger partial charge in [0.1, 0.15) is 6.33 Å². The third-order valence-electron chi connectivity index (χ3n) is 1.27. The molecule has 0 atom stereocenters. The maximum atomic E-state index is 5.68. The van der Waals surface area contributed by atoms with Crippen LogP contribution in [-0.4, -0.2) is 20.2 Å². The molecule has 68 valence electrons. The van der Waals surface area contributed by atoms with Gasteiger partial charge in [-0.15, -0.1) is 11.3 Å². The highest BCUT2D eigenvalue weighted by Crippen LogP contribution is 2.21. The number of nitrogens with zero attached hydrogens (tertiary/aromatic N) is 3. The molecule has 0 radical (unpaired) electrons. The summed E-state index contributed by atoms with van der Waals surface area (Å²) in [5.41, 5.74) is 0.969. The van der Waals surface area contributed by atoms with Crippen LogP contribution in [0.4, 0.5) is 0 Å². The van der Waals surface area contributed by atoms with Crippen LogP contribution in [-0.2, 0) is 5.75 Å². The van der Waals surface area contributed by atoms with Gasteiger partial charge in [-0.05, 0) is 0 Å². The molecule has 0 aliphatic rings. The van der Waals surface area contributed by atoms with Crippen molar-refractivity contribution in [2.24, 2.45) is 0 Å². The van der Waals surface area contributed by atoms with Crippen molar-refractivity contribution < 1.29 is 0 Å². The van der Waals surface area contributed by atoms with E-state index in [1.54, 1.807) is 11.8 Å². The molecule has 2 heterocycles. The predicted molar refractivity (Wildman–Crippen MR) is 53.1 cm³/mol. The van der Waals surface area contributed by atoms with Crippen LogP contribution in [0.5, 0.6) is 0 Å². The van der Waals surface area contributed by atoms with Gasteiger partial charge in [0.2, 0.25) is 0 Å². The van der Waals surface area contributed by atoms with E-state index in [2.05, 4.69) is 20.2 Å². The molecule has 13 heavy (non-hydrogen) atoms. The van der Waals surface area contributed by atoms with Gasteiger partial charge in [0.05, 0.1) is 5.69 Å². The molecular weight excluding hydrogens is 228 g/mol. The monoisotopic (exact) mass is 232 g/mol. The number of nitrogens with one attached hydrogen (secondary N) is 1. The summed E-state index contributed by atoms with van der Waals surface area (Å²) in [6.45, 7) is 0. The molecule has 7 heteroatoms. The number of H-pyrrole nitrogens is 1. The fraction of sp³-hybridized carbons (Fsp3) is 0.167. The Balaban J connectivity index is 1.93. The zero-order chi connectivity index (χ0) is 9.10. The zero-order valence-electron chi connectivity index (χ0n) is 6.40. The van der Waals surface area contributed by atoms with Gasteiger partial charge < -0.3 is 0 Å². The maximum absolute atomic E-state index is 5.68. The third-order valence-corrected chi connectivity index (χ3v) is 3.21.